The van der Waals surface area contributed by atoms with Gasteiger partial charge in [0, 0.05) is 16.9 Å². The third-order valence-electron chi connectivity index (χ3n) is 3.93. The molecule has 1 aliphatic rings. The van der Waals surface area contributed by atoms with Crippen LogP contribution >= 0.6 is 0 Å². The Balaban J connectivity index is 2.48. The molecule has 1 aromatic rings. The van der Waals surface area contributed by atoms with Gasteiger partial charge in [-0.05, 0) is 31.9 Å². The zero-order valence-electron chi connectivity index (χ0n) is 11.1. The number of aryl methyl sites for hydroxylation is 1. The van der Waals surface area contributed by atoms with Crippen molar-refractivity contribution < 1.29 is 4.79 Å². The van der Waals surface area contributed by atoms with Crippen LogP contribution in [0.4, 0.5) is 0 Å². The summed E-state index contributed by atoms with van der Waals surface area (Å²) in [5.74, 6) is 0.405. The summed E-state index contributed by atoms with van der Waals surface area (Å²) in [6.45, 7) is 8.41. The van der Waals surface area contributed by atoms with Crippen molar-refractivity contribution >= 4 is 5.78 Å². The summed E-state index contributed by atoms with van der Waals surface area (Å²) in [5, 5.41) is 0. The van der Waals surface area contributed by atoms with Crippen LogP contribution in [0.3, 0.4) is 0 Å². The molecular formula is C16H20O. The molecule has 1 unspecified atom stereocenters. The molecule has 0 spiro atoms. The van der Waals surface area contributed by atoms with Crippen molar-refractivity contribution in [3.8, 4) is 0 Å². The molecule has 2 rings (SSSR count). The van der Waals surface area contributed by atoms with Crippen molar-refractivity contribution in [2.75, 3.05) is 0 Å². The smallest absolute Gasteiger partial charge is 0.167 e. The lowest BCUT2D eigenvalue weighted by Crippen LogP contribution is -2.26. The molecule has 0 amide bonds. The summed E-state index contributed by atoms with van der Waals surface area (Å²) >= 11 is 0. The van der Waals surface area contributed by atoms with Gasteiger partial charge in [-0.25, -0.2) is 0 Å². The molecule has 0 N–H and O–H groups in total. The van der Waals surface area contributed by atoms with Crippen LogP contribution in [0.15, 0.2) is 30.4 Å². The van der Waals surface area contributed by atoms with E-state index in [4.69, 9.17) is 0 Å². The van der Waals surface area contributed by atoms with Crippen molar-refractivity contribution in [3.05, 3.63) is 47.0 Å². The summed E-state index contributed by atoms with van der Waals surface area (Å²) in [6, 6.07) is 6.26. The minimum Gasteiger partial charge on any atom is -0.294 e. The average Bonchev–Trinajstić information content (AvgIpc) is 2.45. The SMILES string of the molecule is C/C=C/CC1C(=O)c2cc(C)ccc2C1(C)C. The number of hydrogen-bond donors (Lipinski definition) is 0. The number of carbonyl (C=O) groups excluding carboxylic acids is 1. The van der Waals surface area contributed by atoms with Crippen LogP contribution < -0.4 is 0 Å². The lowest BCUT2D eigenvalue weighted by atomic mass is 9.76. The summed E-state index contributed by atoms with van der Waals surface area (Å²) in [7, 11) is 0. The van der Waals surface area contributed by atoms with E-state index in [-0.39, 0.29) is 11.3 Å². The molecule has 1 nitrogen and oxygen atoms in total. The van der Waals surface area contributed by atoms with Crippen molar-refractivity contribution in [2.24, 2.45) is 5.92 Å². The molecule has 1 aromatic carbocycles. The van der Waals surface area contributed by atoms with Gasteiger partial charge in [0.2, 0.25) is 0 Å². The van der Waals surface area contributed by atoms with Crippen LogP contribution in [0.2, 0.25) is 0 Å². The summed E-state index contributed by atoms with van der Waals surface area (Å²) in [5.41, 5.74) is 3.27. The Bertz CT molecular complexity index is 480. The normalized spacial score (nSPS) is 22.1. The second-order valence-corrected chi connectivity index (χ2v) is 5.49. The fraction of sp³-hybridized carbons (Fsp3) is 0.438. The van der Waals surface area contributed by atoms with E-state index in [9.17, 15) is 4.79 Å². The lowest BCUT2D eigenvalue weighted by Gasteiger charge is -2.26. The van der Waals surface area contributed by atoms with Crippen molar-refractivity contribution in [1.29, 1.82) is 0 Å². The van der Waals surface area contributed by atoms with Gasteiger partial charge in [0.1, 0.15) is 0 Å². The maximum absolute atomic E-state index is 12.4. The third kappa shape index (κ3) is 1.84. The summed E-state index contributed by atoms with van der Waals surface area (Å²) in [4.78, 5) is 12.4. The van der Waals surface area contributed by atoms with Crippen LogP contribution in [0.1, 0.15) is 48.7 Å². The lowest BCUT2D eigenvalue weighted by molar-refractivity contribution is 0.0899. The molecule has 90 valence electrons. The summed E-state index contributed by atoms with van der Waals surface area (Å²) in [6.07, 6.45) is 4.97. The first-order chi connectivity index (χ1) is 7.98. The standard InChI is InChI=1S/C16H20O/c1-5-6-7-14-15(17)12-10-11(2)8-9-13(12)16(14,3)4/h5-6,8-10,14H,7H2,1-4H3/b6-5+. The largest absolute Gasteiger partial charge is 0.294 e. The Kier molecular flexibility index (Phi) is 2.94. The molecule has 0 radical (unpaired) electrons. The molecule has 0 heterocycles. The molecule has 1 aliphatic carbocycles. The fourth-order valence-electron chi connectivity index (χ4n) is 2.80. The molecular weight excluding hydrogens is 208 g/mol. The highest BCUT2D eigenvalue weighted by Gasteiger charge is 2.44. The van der Waals surface area contributed by atoms with Gasteiger partial charge in [-0.1, -0.05) is 43.7 Å². The van der Waals surface area contributed by atoms with Gasteiger partial charge in [0.25, 0.3) is 0 Å². The number of hydrogen-bond acceptors (Lipinski definition) is 1. The van der Waals surface area contributed by atoms with E-state index in [1.54, 1.807) is 0 Å². The van der Waals surface area contributed by atoms with E-state index in [0.717, 1.165) is 12.0 Å². The first kappa shape index (κ1) is 12.1. The minimum atomic E-state index is -0.0420. The van der Waals surface area contributed by atoms with Crippen LogP contribution in [0.25, 0.3) is 0 Å². The molecule has 0 aromatic heterocycles. The van der Waals surface area contributed by atoms with Gasteiger partial charge < -0.3 is 0 Å². The molecule has 0 saturated carbocycles. The number of carbonyl (C=O) groups is 1. The number of benzene rings is 1. The van der Waals surface area contributed by atoms with Crippen LogP contribution in [0, 0.1) is 12.8 Å². The Labute approximate surface area is 104 Å². The summed E-state index contributed by atoms with van der Waals surface area (Å²) < 4.78 is 0. The Hall–Kier alpha value is -1.37. The predicted octanol–water partition coefficient (Wildman–Crippen LogP) is 4.05. The third-order valence-corrected chi connectivity index (χ3v) is 3.93. The van der Waals surface area contributed by atoms with E-state index >= 15 is 0 Å². The predicted molar refractivity (Wildman–Crippen MR) is 71.5 cm³/mol. The molecule has 0 aliphatic heterocycles. The zero-order chi connectivity index (χ0) is 12.6. The maximum atomic E-state index is 12.4. The van der Waals surface area contributed by atoms with E-state index in [0.29, 0.717) is 5.78 Å². The van der Waals surface area contributed by atoms with Crippen molar-refractivity contribution in [1.82, 2.24) is 0 Å². The van der Waals surface area contributed by atoms with Gasteiger partial charge in [-0.2, -0.15) is 0 Å². The fourth-order valence-corrected chi connectivity index (χ4v) is 2.80. The van der Waals surface area contributed by atoms with Gasteiger partial charge >= 0.3 is 0 Å². The molecule has 17 heavy (non-hydrogen) atoms. The quantitative estimate of drug-likeness (QED) is 0.698. The first-order valence-electron chi connectivity index (χ1n) is 6.25. The number of fused-ring (bicyclic) bond motifs is 1. The monoisotopic (exact) mass is 228 g/mol. The highest BCUT2D eigenvalue weighted by Crippen LogP contribution is 2.44. The van der Waals surface area contributed by atoms with Gasteiger partial charge in [0.15, 0.2) is 5.78 Å². The van der Waals surface area contributed by atoms with Gasteiger partial charge in [-0.15, -0.1) is 0 Å². The van der Waals surface area contributed by atoms with E-state index < -0.39 is 0 Å². The van der Waals surface area contributed by atoms with Crippen molar-refractivity contribution in [2.45, 2.75) is 39.5 Å². The van der Waals surface area contributed by atoms with Crippen LogP contribution in [0.5, 0.6) is 0 Å². The second kappa shape index (κ2) is 4.14. The number of Topliss-reactive ketones (excluding diaryl/α,β-unsaturated/α-hetero) is 1. The molecule has 0 fully saturated rings. The second-order valence-electron chi connectivity index (χ2n) is 5.49. The van der Waals surface area contributed by atoms with Gasteiger partial charge in [-0.3, -0.25) is 4.79 Å². The Morgan fingerprint density at radius 1 is 1.35 bits per heavy atom. The molecule has 0 saturated heterocycles. The maximum Gasteiger partial charge on any atom is 0.167 e. The van der Waals surface area contributed by atoms with Gasteiger partial charge in [0.05, 0.1) is 0 Å². The van der Waals surface area contributed by atoms with E-state index in [1.165, 1.54) is 11.1 Å². The molecule has 1 atom stereocenters. The highest BCUT2D eigenvalue weighted by molar-refractivity contribution is 6.04. The van der Waals surface area contributed by atoms with Crippen LogP contribution in [-0.2, 0) is 5.41 Å². The number of allylic oxidation sites excluding steroid dienone is 2. The first-order valence-corrected chi connectivity index (χ1v) is 6.25. The van der Waals surface area contributed by atoms with E-state index in [1.807, 2.05) is 26.0 Å². The molecule has 0 bridgehead atoms. The Morgan fingerprint density at radius 3 is 2.71 bits per heavy atom. The Morgan fingerprint density at radius 2 is 2.06 bits per heavy atom. The average molecular weight is 228 g/mol. The zero-order valence-corrected chi connectivity index (χ0v) is 11.1. The van der Waals surface area contributed by atoms with E-state index in [2.05, 4.69) is 32.1 Å². The van der Waals surface area contributed by atoms with Crippen molar-refractivity contribution in [3.63, 3.8) is 0 Å². The number of ketones is 1. The molecule has 1 heteroatoms. The number of rotatable bonds is 2. The minimum absolute atomic E-state index is 0.0420. The topological polar surface area (TPSA) is 17.1 Å². The van der Waals surface area contributed by atoms with Crippen LogP contribution in [-0.4, -0.2) is 5.78 Å². The highest BCUT2D eigenvalue weighted by atomic mass is 16.1.